The van der Waals surface area contributed by atoms with Crippen molar-refractivity contribution in [3.63, 3.8) is 0 Å². The van der Waals surface area contributed by atoms with Crippen LogP contribution in [0.25, 0.3) is 0 Å². The van der Waals surface area contributed by atoms with E-state index in [1.54, 1.807) is 6.92 Å². The van der Waals surface area contributed by atoms with Gasteiger partial charge in [-0.25, -0.2) is 17.9 Å². The van der Waals surface area contributed by atoms with Crippen LogP contribution >= 0.6 is 0 Å². The predicted molar refractivity (Wildman–Crippen MR) is 72.6 cm³/mol. The molecule has 0 saturated heterocycles. The fourth-order valence-corrected chi connectivity index (χ4v) is 2.45. The lowest BCUT2D eigenvalue weighted by atomic mass is 10.1. The highest BCUT2D eigenvalue weighted by atomic mass is 32.2. The Labute approximate surface area is 112 Å². The van der Waals surface area contributed by atoms with E-state index < -0.39 is 21.5 Å². The molecule has 106 valence electrons. The Balaban J connectivity index is 2.92. The molecule has 0 fully saturated rings. The normalized spacial score (nSPS) is 12.2. The monoisotopic (exact) mass is 286 g/mol. The minimum absolute atomic E-state index is 0.146. The first kappa shape index (κ1) is 15.5. The van der Waals surface area contributed by atoms with Gasteiger partial charge < -0.3 is 10.4 Å². The van der Waals surface area contributed by atoms with Gasteiger partial charge in [0.25, 0.3) is 0 Å². The molecule has 0 amide bonds. The average Bonchev–Trinajstić information content (AvgIpc) is 2.28. The summed E-state index contributed by atoms with van der Waals surface area (Å²) in [6.45, 7) is 5.06. The fraction of sp³-hybridized carbons (Fsp3) is 0.417. The molecule has 0 radical (unpaired) electrons. The first-order valence-corrected chi connectivity index (χ1v) is 7.28. The summed E-state index contributed by atoms with van der Waals surface area (Å²) < 4.78 is 25.8. The molecule has 3 N–H and O–H groups in total. The maximum absolute atomic E-state index is 11.7. The minimum Gasteiger partial charge on any atom is -0.480 e. The van der Waals surface area contributed by atoms with Gasteiger partial charge in [0.15, 0.2) is 0 Å². The van der Waals surface area contributed by atoms with Crippen molar-refractivity contribution in [3.05, 3.63) is 24.3 Å². The Kier molecular flexibility index (Phi) is 4.54. The third-order valence-electron chi connectivity index (χ3n) is 2.49. The van der Waals surface area contributed by atoms with Crippen molar-refractivity contribution < 1.29 is 18.3 Å². The summed E-state index contributed by atoms with van der Waals surface area (Å²) in [5.74, 6) is -0.989. The van der Waals surface area contributed by atoms with E-state index in [9.17, 15) is 13.2 Å². The van der Waals surface area contributed by atoms with Crippen molar-refractivity contribution >= 4 is 21.7 Å². The van der Waals surface area contributed by atoms with Crippen LogP contribution in [0.5, 0.6) is 0 Å². The molecular formula is C12H18N2O4S. The van der Waals surface area contributed by atoms with Gasteiger partial charge in [-0.3, -0.25) is 0 Å². The van der Waals surface area contributed by atoms with Gasteiger partial charge in [-0.1, -0.05) is 6.92 Å². The van der Waals surface area contributed by atoms with Crippen LogP contribution in [-0.2, 0) is 14.8 Å². The lowest BCUT2D eigenvalue weighted by Crippen LogP contribution is -2.39. The van der Waals surface area contributed by atoms with Crippen LogP contribution in [0.4, 0.5) is 5.69 Å². The van der Waals surface area contributed by atoms with Crippen molar-refractivity contribution in [3.8, 4) is 0 Å². The molecule has 0 bridgehead atoms. The van der Waals surface area contributed by atoms with Crippen LogP contribution in [0.2, 0.25) is 0 Å². The second-order valence-electron chi connectivity index (χ2n) is 4.58. The first-order valence-electron chi connectivity index (χ1n) is 5.80. The summed E-state index contributed by atoms with van der Waals surface area (Å²) in [7, 11) is -3.48. The first-order chi connectivity index (χ1) is 8.69. The van der Waals surface area contributed by atoms with Crippen LogP contribution < -0.4 is 10.0 Å². The van der Waals surface area contributed by atoms with E-state index in [1.165, 1.54) is 38.1 Å². The smallest absolute Gasteiger partial charge is 0.328 e. The third-order valence-corrected chi connectivity index (χ3v) is 4.05. The lowest BCUT2D eigenvalue weighted by Gasteiger charge is -2.22. The molecule has 1 aromatic rings. The number of carboxylic acid groups (broad SMARTS) is 1. The fourth-order valence-electron chi connectivity index (χ4n) is 1.41. The Morgan fingerprint density at radius 1 is 1.26 bits per heavy atom. The maximum atomic E-state index is 11.7. The number of anilines is 1. The van der Waals surface area contributed by atoms with E-state index in [0.29, 0.717) is 12.2 Å². The van der Waals surface area contributed by atoms with Crippen LogP contribution in [0, 0.1) is 0 Å². The lowest BCUT2D eigenvalue weighted by molar-refractivity contribution is -0.141. The number of rotatable bonds is 6. The van der Waals surface area contributed by atoms with Crippen LogP contribution in [0.3, 0.4) is 0 Å². The second-order valence-corrected chi connectivity index (χ2v) is 6.35. The highest BCUT2D eigenvalue weighted by Gasteiger charge is 2.26. The predicted octanol–water partition coefficient (Wildman–Crippen LogP) is 1.26. The summed E-state index contributed by atoms with van der Waals surface area (Å²) in [6.07, 6.45) is 0. The summed E-state index contributed by atoms with van der Waals surface area (Å²) in [5, 5.41) is 11.8. The van der Waals surface area contributed by atoms with Gasteiger partial charge in [-0.15, -0.1) is 0 Å². The van der Waals surface area contributed by atoms with E-state index >= 15 is 0 Å². The summed E-state index contributed by atoms with van der Waals surface area (Å²) in [5.41, 5.74) is -0.579. The molecule has 0 aromatic heterocycles. The molecule has 6 nitrogen and oxygen atoms in total. The van der Waals surface area contributed by atoms with Crippen molar-refractivity contribution in [1.82, 2.24) is 4.72 Å². The molecule has 0 aliphatic heterocycles. The van der Waals surface area contributed by atoms with Crippen LogP contribution in [0.1, 0.15) is 20.8 Å². The standard InChI is InChI=1S/C12H18N2O4S/c1-4-13-19(17,18)10-7-5-9(6-8-10)14-12(2,3)11(15)16/h5-8,13-14H,4H2,1-3H3,(H,15,16). The number of benzene rings is 1. The van der Waals surface area contributed by atoms with Crippen molar-refractivity contribution in [2.24, 2.45) is 0 Å². The molecular weight excluding hydrogens is 268 g/mol. The zero-order chi connectivity index (χ0) is 14.7. The Morgan fingerprint density at radius 3 is 2.21 bits per heavy atom. The molecule has 7 heteroatoms. The van der Waals surface area contributed by atoms with Crippen LogP contribution in [0.15, 0.2) is 29.2 Å². The van der Waals surface area contributed by atoms with Crippen LogP contribution in [-0.4, -0.2) is 31.6 Å². The molecule has 1 aromatic carbocycles. The van der Waals surface area contributed by atoms with Gasteiger partial charge in [-0.2, -0.15) is 0 Å². The largest absolute Gasteiger partial charge is 0.480 e. The molecule has 0 heterocycles. The summed E-state index contributed by atoms with van der Waals surface area (Å²) in [4.78, 5) is 11.1. The third kappa shape index (κ3) is 3.93. The number of aliphatic carboxylic acids is 1. The van der Waals surface area contributed by atoms with E-state index in [4.69, 9.17) is 5.11 Å². The average molecular weight is 286 g/mol. The molecule has 0 aliphatic carbocycles. The van der Waals surface area contributed by atoms with Gasteiger partial charge in [0, 0.05) is 12.2 Å². The topological polar surface area (TPSA) is 95.5 Å². The van der Waals surface area contributed by atoms with Gasteiger partial charge in [0.2, 0.25) is 10.0 Å². The molecule has 19 heavy (non-hydrogen) atoms. The summed E-state index contributed by atoms with van der Waals surface area (Å²) >= 11 is 0. The Morgan fingerprint density at radius 2 is 1.79 bits per heavy atom. The Hall–Kier alpha value is -1.60. The Bertz CT molecular complexity index is 550. The maximum Gasteiger partial charge on any atom is 0.328 e. The zero-order valence-electron chi connectivity index (χ0n) is 11.1. The number of nitrogens with one attached hydrogen (secondary N) is 2. The molecule has 0 spiro atoms. The number of carbonyl (C=O) groups is 1. The SMILES string of the molecule is CCNS(=O)(=O)c1ccc(NC(C)(C)C(=O)O)cc1. The van der Waals surface area contributed by atoms with E-state index in [2.05, 4.69) is 10.0 Å². The van der Waals surface area contributed by atoms with Crippen molar-refractivity contribution in [2.45, 2.75) is 31.2 Å². The zero-order valence-corrected chi connectivity index (χ0v) is 11.9. The minimum atomic E-state index is -3.48. The molecule has 0 saturated carbocycles. The van der Waals surface area contributed by atoms with Crippen molar-refractivity contribution in [2.75, 3.05) is 11.9 Å². The van der Waals surface area contributed by atoms with Gasteiger partial charge in [-0.05, 0) is 38.1 Å². The number of hydrogen-bond acceptors (Lipinski definition) is 4. The number of carboxylic acids is 1. The molecule has 1 rings (SSSR count). The van der Waals surface area contributed by atoms with Gasteiger partial charge in [0.1, 0.15) is 5.54 Å². The van der Waals surface area contributed by atoms with Gasteiger partial charge in [0.05, 0.1) is 4.90 Å². The van der Waals surface area contributed by atoms with Crippen molar-refractivity contribution in [1.29, 1.82) is 0 Å². The van der Waals surface area contributed by atoms with Gasteiger partial charge >= 0.3 is 5.97 Å². The number of sulfonamides is 1. The second kappa shape index (κ2) is 5.58. The number of hydrogen-bond donors (Lipinski definition) is 3. The molecule has 0 unspecified atom stereocenters. The highest BCUT2D eigenvalue weighted by molar-refractivity contribution is 7.89. The molecule has 0 atom stereocenters. The van der Waals surface area contributed by atoms with E-state index in [1.807, 2.05) is 0 Å². The summed E-state index contributed by atoms with van der Waals surface area (Å²) in [6, 6.07) is 5.93. The molecule has 0 aliphatic rings. The highest BCUT2D eigenvalue weighted by Crippen LogP contribution is 2.18. The van der Waals surface area contributed by atoms with E-state index in [0.717, 1.165) is 0 Å². The quantitative estimate of drug-likeness (QED) is 0.731. The van der Waals surface area contributed by atoms with E-state index in [-0.39, 0.29) is 4.90 Å².